The molecule has 1 amide bonds. The van der Waals surface area contributed by atoms with Crippen LogP contribution >= 0.6 is 0 Å². The van der Waals surface area contributed by atoms with Crippen LogP contribution in [0.5, 0.6) is 0 Å². The Morgan fingerprint density at radius 3 is 2.72 bits per heavy atom. The molecule has 0 aliphatic heterocycles. The lowest BCUT2D eigenvalue weighted by Crippen LogP contribution is -2.28. The molecule has 0 aliphatic rings. The second kappa shape index (κ2) is 7.44. The van der Waals surface area contributed by atoms with Gasteiger partial charge >= 0.3 is 0 Å². The molecule has 1 aromatic carbocycles. The van der Waals surface area contributed by atoms with Crippen LogP contribution in [0.2, 0.25) is 0 Å². The lowest BCUT2D eigenvalue weighted by Gasteiger charge is -2.14. The zero-order valence-corrected chi connectivity index (χ0v) is 14.4. The zero-order valence-electron chi connectivity index (χ0n) is 14.4. The van der Waals surface area contributed by atoms with E-state index in [2.05, 4.69) is 15.4 Å². The van der Waals surface area contributed by atoms with Crippen molar-refractivity contribution < 1.29 is 9.90 Å². The first kappa shape index (κ1) is 17.1. The van der Waals surface area contributed by atoms with Crippen molar-refractivity contribution in [2.75, 3.05) is 6.54 Å². The number of aliphatic hydroxyl groups is 1. The molecule has 3 rings (SSSR count). The summed E-state index contributed by atoms with van der Waals surface area (Å²) in [6.07, 6.45) is 3.31. The third kappa shape index (κ3) is 3.69. The Balaban J connectivity index is 1.81. The molecule has 3 aromatic rings. The first-order valence-corrected chi connectivity index (χ1v) is 8.42. The first-order chi connectivity index (χ1) is 12.1. The zero-order chi connectivity index (χ0) is 17.8. The highest BCUT2D eigenvalue weighted by atomic mass is 16.3. The van der Waals surface area contributed by atoms with Gasteiger partial charge in [0.05, 0.1) is 18.0 Å². The van der Waals surface area contributed by atoms with Gasteiger partial charge in [-0.05, 0) is 18.4 Å². The Morgan fingerprint density at radius 2 is 2.00 bits per heavy atom. The minimum atomic E-state index is -0.424. The summed E-state index contributed by atoms with van der Waals surface area (Å²) in [5.74, 6) is -0.0624. The third-order valence-electron chi connectivity index (χ3n) is 4.21. The molecular weight excluding hydrogens is 316 g/mol. The molecule has 0 fully saturated rings. The van der Waals surface area contributed by atoms with E-state index in [1.165, 1.54) is 6.20 Å². The largest absolute Gasteiger partial charge is 0.393 e. The molecule has 2 N–H and O–H groups in total. The fraction of sp³-hybridized carbons (Fsp3) is 0.316. The van der Waals surface area contributed by atoms with Crippen molar-refractivity contribution in [1.82, 2.24) is 19.9 Å². The van der Waals surface area contributed by atoms with E-state index < -0.39 is 6.10 Å². The summed E-state index contributed by atoms with van der Waals surface area (Å²) in [4.78, 5) is 16.7. The van der Waals surface area contributed by atoms with Crippen LogP contribution in [0.25, 0.3) is 16.9 Å². The van der Waals surface area contributed by atoms with Crippen LogP contribution in [-0.4, -0.2) is 38.3 Å². The van der Waals surface area contributed by atoms with Crippen LogP contribution in [0.3, 0.4) is 0 Å². The van der Waals surface area contributed by atoms with Crippen LogP contribution in [0.1, 0.15) is 30.6 Å². The molecule has 2 heterocycles. The van der Waals surface area contributed by atoms with Gasteiger partial charge in [-0.3, -0.25) is 4.79 Å². The topological polar surface area (TPSA) is 79.5 Å². The lowest BCUT2D eigenvalue weighted by atomic mass is 10.0. The quantitative estimate of drug-likeness (QED) is 0.724. The average Bonchev–Trinajstić information content (AvgIpc) is 3.06. The van der Waals surface area contributed by atoms with E-state index in [1.807, 2.05) is 50.2 Å². The number of hydrogen-bond donors (Lipinski definition) is 2. The Labute approximate surface area is 146 Å². The molecule has 0 aliphatic carbocycles. The number of aromatic nitrogens is 3. The molecule has 0 spiro atoms. The Hall–Kier alpha value is -2.73. The summed E-state index contributed by atoms with van der Waals surface area (Å²) in [6, 6.07) is 11.7. The van der Waals surface area contributed by atoms with E-state index in [1.54, 1.807) is 10.7 Å². The molecule has 25 heavy (non-hydrogen) atoms. The summed E-state index contributed by atoms with van der Waals surface area (Å²) >= 11 is 0. The fourth-order valence-corrected chi connectivity index (χ4v) is 2.64. The Morgan fingerprint density at radius 1 is 1.24 bits per heavy atom. The summed E-state index contributed by atoms with van der Waals surface area (Å²) in [6.45, 7) is 4.31. The molecule has 1 unspecified atom stereocenters. The summed E-state index contributed by atoms with van der Waals surface area (Å²) in [7, 11) is 0. The normalized spacial score (nSPS) is 12.5. The van der Waals surface area contributed by atoms with Gasteiger partial charge in [-0.15, -0.1) is 0 Å². The fourth-order valence-electron chi connectivity index (χ4n) is 2.64. The molecular formula is C19H22N4O2. The van der Waals surface area contributed by atoms with Crippen molar-refractivity contribution in [3.8, 4) is 11.3 Å². The maximum Gasteiger partial charge on any atom is 0.256 e. The number of benzene rings is 1. The van der Waals surface area contributed by atoms with Crippen molar-refractivity contribution in [3.63, 3.8) is 0 Å². The van der Waals surface area contributed by atoms with E-state index in [9.17, 15) is 9.90 Å². The molecule has 0 radical (unpaired) electrons. The van der Waals surface area contributed by atoms with Crippen molar-refractivity contribution >= 4 is 11.6 Å². The van der Waals surface area contributed by atoms with E-state index in [0.717, 1.165) is 11.3 Å². The Bertz CT molecular complexity index is 858. The Kier molecular flexibility index (Phi) is 5.09. The molecule has 130 valence electrons. The number of fused-ring (bicyclic) bond motifs is 1. The number of hydrogen-bond acceptors (Lipinski definition) is 4. The van der Waals surface area contributed by atoms with Gasteiger partial charge in [0.2, 0.25) is 0 Å². The highest BCUT2D eigenvalue weighted by Gasteiger charge is 2.16. The monoisotopic (exact) mass is 338 g/mol. The second-order valence-electron chi connectivity index (χ2n) is 6.35. The number of rotatable bonds is 6. The number of amides is 1. The van der Waals surface area contributed by atoms with Crippen LogP contribution in [-0.2, 0) is 0 Å². The molecule has 1 atom stereocenters. The van der Waals surface area contributed by atoms with Crippen LogP contribution < -0.4 is 5.32 Å². The highest BCUT2D eigenvalue weighted by molar-refractivity contribution is 5.99. The number of carbonyl (C=O) groups excluding carboxylic acids is 1. The molecule has 0 bridgehead atoms. The number of nitrogens with one attached hydrogen (secondary N) is 1. The van der Waals surface area contributed by atoms with Crippen LogP contribution in [0.4, 0.5) is 0 Å². The molecule has 6 nitrogen and oxygen atoms in total. The summed E-state index contributed by atoms with van der Waals surface area (Å²) < 4.78 is 1.67. The van der Waals surface area contributed by atoms with Gasteiger partial charge < -0.3 is 10.4 Å². The van der Waals surface area contributed by atoms with Gasteiger partial charge in [-0.2, -0.15) is 5.10 Å². The van der Waals surface area contributed by atoms with Crippen LogP contribution in [0.15, 0.2) is 48.8 Å². The molecule has 6 heteroatoms. The number of nitrogens with zero attached hydrogens (tertiary/aromatic N) is 3. The van der Waals surface area contributed by atoms with Crippen LogP contribution in [0, 0.1) is 5.92 Å². The number of carbonyl (C=O) groups is 1. The van der Waals surface area contributed by atoms with E-state index in [0.29, 0.717) is 24.2 Å². The maximum atomic E-state index is 12.4. The lowest BCUT2D eigenvalue weighted by molar-refractivity contribution is 0.0921. The third-order valence-corrected chi connectivity index (χ3v) is 4.21. The minimum absolute atomic E-state index is 0.170. The van der Waals surface area contributed by atoms with Gasteiger partial charge in [0, 0.05) is 18.3 Å². The van der Waals surface area contributed by atoms with Gasteiger partial charge in [-0.25, -0.2) is 9.50 Å². The summed E-state index contributed by atoms with van der Waals surface area (Å²) in [5, 5.41) is 17.0. The van der Waals surface area contributed by atoms with Crippen molar-refractivity contribution in [3.05, 3.63) is 54.4 Å². The molecule has 2 aromatic heterocycles. The molecule has 0 saturated heterocycles. The standard InChI is InChI=1S/C19H22N4O2/c1-13(2)17(24)9-11-21-19(25)15-12-22-23-16(8-10-20-18(15)23)14-6-4-3-5-7-14/h3-8,10,12-13,17,24H,9,11H2,1-2H3,(H,21,25). The predicted molar refractivity (Wildman–Crippen MR) is 96.2 cm³/mol. The second-order valence-corrected chi connectivity index (χ2v) is 6.35. The number of aliphatic hydroxyl groups excluding tert-OH is 1. The van der Waals surface area contributed by atoms with E-state index in [4.69, 9.17) is 0 Å². The first-order valence-electron chi connectivity index (χ1n) is 8.42. The van der Waals surface area contributed by atoms with Gasteiger partial charge in [0.25, 0.3) is 5.91 Å². The van der Waals surface area contributed by atoms with Crippen molar-refractivity contribution in [2.45, 2.75) is 26.4 Å². The van der Waals surface area contributed by atoms with Gasteiger partial charge in [0.1, 0.15) is 5.56 Å². The van der Waals surface area contributed by atoms with E-state index in [-0.39, 0.29) is 11.8 Å². The van der Waals surface area contributed by atoms with Crippen molar-refractivity contribution in [2.24, 2.45) is 5.92 Å². The predicted octanol–water partition coefficient (Wildman–Crippen LogP) is 2.53. The maximum absolute atomic E-state index is 12.4. The minimum Gasteiger partial charge on any atom is -0.393 e. The van der Waals surface area contributed by atoms with Gasteiger partial charge in [0.15, 0.2) is 5.65 Å². The highest BCUT2D eigenvalue weighted by Crippen LogP contribution is 2.20. The smallest absolute Gasteiger partial charge is 0.256 e. The van der Waals surface area contributed by atoms with Crippen molar-refractivity contribution in [1.29, 1.82) is 0 Å². The average molecular weight is 338 g/mol. The van der Waals surface area contributed by atoms with Gasteiger partial charge in [-0.1, -0.05) is 44.2 Å². The molecule has 0 saturated carbocycles. The summed E-state index contributed by atoms with van der Waals surface area (Å²) in [5.41, 5.74) is 2.82. The van der Waals surface area contributed by atoms with E-state index >= 15 is 0 Å². The SMILES string of the molecule is CC(C)C(O)CCNC(=O)c1cnn2c(-c3ccccc3)ccnc12.